The second-order valence-corrected chi connectivity index (χ2v) is 6.28. The lowest BCUT2D eigenvalue weighted by molar-refractivity contribution is -0.120. The van der Waals surface area contributed by atoms with Crippen molar-refractivity contribution in [2.75, 3.05) is 6.79 Å². The molecule has 0 saturated heterocycles. The first-order chi connectivity index (χ1) is 12.3. The second kappa shape index (κ2) is 6.90. The van der Waals surface area contributed by atoms with Gasteiger partial charge in [0.05, 0.1) is 24.4 Å². The lowest BCUT2D eigenvalue weighted by Crippen LogP contribution is -2.25. The molecule has 0 bridgehead atoms. The quantitative estimate of drug-likeness (QED) is 0.763. The molecule has 1 N–H and O–H groups in total. The Hall–Kier alpha value is -2.93. The molecule has 6 nitrogen and oxygen atoms in total. The molecule has 0 unspecified atom stereocenters. The zero-order chi connectivity index (χ0) is 17.1. The number of rotatable bonds is 5. The lowest BCUT2D eigenvalue weighted by Gasteiger charge is -2.08. The van der Waals surface area contributed by atoms with Crippen molar-refractivity contribution in [2.45, 2.75) is 13.0 Å². The van der Waals surface area contributed by atoms with Crippen molar-refractivity contribution < 1.29 is 14.3 Å². The van der Waals surface area contributed by atoms with Crippen molar-refractivity contribution in [1.82, 2.24) is 15.3 Å². The van der Waals surface area contributed by atoms with E-state index in [1.807, 2.05) is 35.0 Å². The summed E-state index contributed by atoms with van der Waals surface area (Å²) in [6.07, 6.45) is 3.56. The average molecular weight is 353 g/mol. The average Bonchev–Trinajstić information content (AvgIpc) is 3.31. The molecule has 3 heterocycles. The third-order valence-corrected chi connectivity index (χ3v) is 4.51. The highest BCUT2D eigenvalue weighted by Crippen LogP contribution is 2.32. The molecule has 126 valence electrons. The van der Waals surface area contributed by atoms with Crippen LogP contribution in [0.4, 0.5) is 0 Å². The van der Waals surface area contributed by atoms with E-state index >= 15 is 0 Å². The van der Waals surface area contributed by atoms with Crippen LogP contribution in [0.5, 0.6) is 11.5 Å². The van der Waals surface area contributed by atoms with Crippen molar-refractivity contribution in [1.29, 1.82) is 0 Å². The van der Waals surface area contributed by atoms with Crippen molar-refractivity contribution in [2.24, 2.45) is 0 Å². The van der Waals surface area contributed by atoms with Gasteiger partial charge in [-0.15, -0.1) is 0 Å². The Bertz CT molecular complexity index is 896. The summed E-state index contributed by atoms with van der Waals surface area (Å²) >= 11 is 1.60. The van der Waals surface area contributed by atoms with E-state index in [0.29, 0.717) is 18.0 Å². The largest absolute Gasteiger partial charge is 0.454 e. The van der Waals surface area contributed by atoms with E-state index in [-0.39, 0.29) is 19.1 Å². The van der Waals surface area contributed by atoms with Gasteiger partial charge < -0.3 is 14.8 Å². The standard InChI is InChI=1S/C18H15N3O3S/c22-17(8-12-1-2-15-16(7-12)24-11-23-15)21-9-14-18(20-5-4-19-14)13-3-6-25-10-13/h1-7,10H,8-9,11H2,(H,21,22). The molecule has 25 heavy (non-hydrogen) atoms. The van der Waals surface area contributed by atoms with Gasteiger partial charge in [0.1, 0.15) is 0 Å². The molecule has 1 amide bonds. The molecule has 1 aliphatic rings. The third-order valence-electron chi connectivity index (χ3n) is 3.82. The van der Waals surface area contributed by atoms with Crippen LogP contribution in [0.25, 0.3) is 11.3 Å². The maximum atomic E-state index is 12.3. The molecule has 1 aliphatic heterocycles. The predicted molar refractivity (Wildman–Crippen MR) is 93.5 cm³/mol. The molecule has 4 rings (SSSR count). The summed E-state index contributed by atoms with van der Waals surface area (Å²) in [7, 11) is 0. The highest BCUT2D eigenvalue weighted by Gasteiger charge is 2.15. The molecule has 0 fully saturated rings. The van der Waals surface area contributed by atoms with E-state index in [2.05, 4.69) is 15.3 Å². The molecule has 0 aliphatic carbocycles. The molecule has 0 radical (unpaired) electrons. The van der Waals surface area contributed by atoms with Crippen LogP contribution < -0.4 is 14.8 Å². The summed E-state index contributed by atoms with van der Waals surface area (Å²) in [5, 5.41) is 6.92. The first-order valence-corrected chi connectivity index (χ1v) is 8.71. The van der Waals surface area contributed by atoms with Gasteiger partial charge in [0.2, 0.25) is 12.7 Å². The zero-order valence-corrected chi connectivity index (χ0v) is 14.1. The smallest absolute Gasteiger partial charge is 0.231 e. The van der Waals surface area contributed by atoms with Gasteiger partial charge in [0.15, 0.2) is 11.5 Å². The second-order valence-electron chi connectivity index (χ2n) is 5.50. The maximum absolute atomic E-state index is 12.3. The minimum atomic E-state index is -0.0826. The normalized spacial score (nSPS) is 12.2. The highest BCUT2D eigenvalue weighted by atomic mass is 32.1. The molecule has 0 saturated carbocycles. The fourth-order valence-electron chi connectivity index (χ4n) is 2.62. The topological polar surface area (TPSA) is 73.3 Å². The van der Waals surface area contributed by atoms with E-state index in [4.69, 9.17) is 9.47 Å². The fraction of sp³-hybridized carbons (Fsp3) is 0.167. The molecule has 0 spiro atoms. The number of thiophene rings is 1. The van der Waals surface area contributed by atoms with Crippen LogP contribution in [-0.4, -0.2) is 22.7 Å². The van der Waals surface area contributed by atoms with Crippen LogP contribution in [0, 0.1) is 0 Å². The van der Waals surface area contributed by atoms with Crippen LogP contribution in [0.2, 0.25) is 0 Å². The number of nitrogens with zero attached hydrogens (tertiary/aromatic N) is 2. The summed E-state index contributed by atoms with van der Waals surface area (Å²) in [4.78, 5) is 21.0. The maximum Gasteiger partial charge on any atom is 0.231 e. The number of hydrogen-bond acceptors (Lipinski definition) is 6. The Morgan fingerprint density at radius 2 is 2.04 bits per heavy atom. The summed E-state index contributed by atoms with van der Waals surface area (Å²) in [5.74, 6) is 1.31. The zero-order valence-electron chi connectivity index (χ0n) is 13.3. The number of amides is 1. The van der Waals surface area contributed by atoms with Crippen LogP contribution >= 0.6 is 11.3 Å². The first kappa shape index (κ1) is 15.6. The molecular weight excluding hydrogens is 338 g/mol. The molecule has 1 aromatic carbocycles. The number of carbonyl (C=O) groups excluding carboxylic acids is 1. The minimum Gasteiger partial charge on any atom is -0.454 e. The summed E-state index contributed by atoms with van der Waals surface area (Å²) in [6, 6.07) is 7.52. The highest BCUT2D eigenvalue weighted by molar-refractivity contribution is 7.08. The van der Waals surface area contributed by atoms with Gasteiger partial charge in [0, 0.05) is 23.3 Å². The number of fused-ring (bicyclic) bond motifs is 1. The summed E-state index contributed by atoms with van der Waals surface area (Å²) in [5.41, 5.74) is 3.43. The minimum absolute atomic E-state index is 0.0826. The number of ether oxygens (including phenoxy) is 2. The van der Waals surface area contributed by atoms with E-state index in [1.165, 1.54) is 0 Å². The van der Waals surface area contributed by atoms with Gasteiger partial charge in [-0.3, -0.25) is 14.8 Å². The van der Waals surface area contributed by atoms with E-state index in [0.717, 1.165) is 22.5 Å². The summed E-state index contributed by atoms with van der Waals surface area (Å²) in [6.45, 7) is 0.561. The van der Waals surface area contributed by atoms with Crippen molar-refractivity contribution >= 4 is 17.2 Å². The number of carbonyl (C=O) groups is 1. The summed E-state index contributed by atoms with van der Waals surface area (Å²) < 4.78 is 10.6. The van der Waals surface area contributed by atoms with Crippen LogP contribution in [0.1, 0.15) is 11.3 Å². The van der Waals surface area contributed by atoms with Gasteiger partial charge in [0.25, 0.3) is 0 Å². The number of hydrogen-bond donors (Lipinski definition) is 1. The molecule has 2 aromatic heterocycles. The molecule has 7 heteroatoms. The van der Waals surface area contributed by atoms with Crippen LogP contribution in [-0.2, 0) is 17.8 Å². The van der Waals surface area contributed by atoms with Crippen LogP contribution in [0.15, 0.2) is 47.4 Å². The van der Waals surface area contributed by atoms with E-state index in [1.54, 1.807) is 23.7 Å². The molecule has 3 aromatic rings. The van der Waals surface area contributed by atoms with Crippen molar-refractivity contribution in [3.8, 4) is 22.8 Å². The Morgan fingerprint density at radius 3 is 2.92 bits per heavy atom. The monoisotopic (exact) mass is 353 g/mol. The van der Waals surface area contributed by atoms with Crippen LogP contribution in [0.3, 0.4) is 0 Å². The molecular formula is C18H15N3O3S. The SMILES string of the molecule is O=C(Cc1ccc2c(c1)OCO2)NCc1nccnc1-c1ccsc1. The Balaban J connectivity index is 1.41. The first-order valence-electron chi connectivity index (χ1n) is 7.77. The Morgan fingerprint density at radius 1 is 1.16 bits per heavy atom. The van der Waals surface area contributed by atoms with Gasteiger partial charge in [-0.05, 0) is 29.1 Å². The van der Waals surface area contributed by atoms with Gasteiger partial charge in [-0.1, -0.05) is 6.07 Å². The van der Waals surface area contributed by atoms with Crippen molar-refractivity contribution in [3.05, 3.63) is 58.7 Å². The van der Waals surface area contributed by atoms with E-state index in [9.17, 15) is 4.79 Å². The predicted octanol–water partition coefficient (Wildman–Crippen LogP) is 2.79. The third kappa shape index (κ3) is 3.46. The number of aromatic nitrogens is 2. The fourth-order valence-corrected chi connectivity index (χ4v) is 3.26. The number of benzene rings is 1. The Labute approximate surface area is 148 Å². The number of nitrogens with one attached hydrogen (secondary N) is 1. The Kier molecular flexibility index (Phi) is 4.30. The van der Waals surface area contributed by atoms with Gasteiger partial charge in [-0.2, -0.15) is 11.3 Å². The van der Waals surface area contributed by atoms with Crippen molar-refractivity contribution in [3.63, 3.8) is 0 Å². The van der Waals surface area contributed by atoms with Gasteiger partial charge >= 0.3 is 0 Å². The van der Waals surface area contributed by atoms with Gasteiger partial charge in [-0.25, -0.2) is 0 Å². The molecule has 0 atom stereocenters. The lowest BCUT2D eigenvalue weighted by atomic mass is 10.1. The van der Waals surface area contributed by atoms with E-state index < -0.39 is 0 Å².